The van der Waals surface area contributed by atoms with E-state index in [4.69, 9.17) is 17.4 Å². The van der Waals surface area contributed by atoms with Crippen molar-refractivity contribution in [3.05, 3.63) is 41.2 Å². The molecule has 1 aromatic heterocycles. The van der Waals surface area contributed by atoms with E-state index in [1.54, 1.807) is 11.8 Å². The smallest absolute Gasteiger partial charge is 0.144 e. The molecule has 2 aromatic rings. The largest absolute Gasteiger partial charge is 0.308 e. The summed E-state index contributed by atoms with van der Waals surface area (Å²) in [5, 5.41) is 1.58. The molecule has 0 aliphatic heterocycles. The van der Waals surface area contributed by atoms with Crippen LogP contribution in [0.3, 0.4) is 0 Å². The summed E-state index contributed by atoms with van der Waals surface area (Å²) in [6.07, 6.45) is 0. The highest BCUT2D eigenvalue weighted by Gasteiger charge is 2.08. The molecule has 0 aliphatic carbocycles. The maximum Gasteiger partial charge on any atom is 0.144 e. The van der Waals surface area contributed by atoms with Crippen molar-refractivity contribution in [2.75, 3.05) is 5.43 Å². The lowest BCUT2D eigenvalue weighted by atomic mass is 10.2. The summed E-state index contributed by atoms with van der Waals surface area (Å²) in [5.74, 6) is 7.07. The summed E-state index contributed by atoms with van der Waals surface area (Å²) in [6, 6.07) is 9.46. The highest BCUT2D eigenvalue weighted by molar-refractivity contribution is 7.99. The molecule has 1 heterocycles. The number of hydrogen-bond donors (Lipinski definition) is 2. The van der Waals surface area contributed by atoms with Crippen LogP contribution in [0, 0.1) is 0 Å². The van der Waals surface area contributed by atoms with E-state index in [1.807, 2.05) is 44.2 Å². The number of anilines is 1. The average molecular weight is 295 g/mol. The normalized spacial score (nSPS) is 10.8. The van der Waals surface area contributed by atoms with Gasteiger partial charge in [-0.3, -0.25) is 0 Å². The molecule has 0 radical (unpaired) electrons. The van der Waals surface area contributed by atoms with Gasteiger partial charge in [0.2, 0.25) is 0 Å². The number of hydrazine groups is 1. The molecule has 100 valence electrons. The number of nitrogens with one attached hydrogen (secondary N) is 1. The molecule has 0 aliphatic rings. The van der Waals surface area contributed by atoms with Gasteiger partial charge in [-0.1, -0.05) is 37.2 Å². The Morgan fingerprint density at radius 1 is 1.21 bits per heavy atom. The van der Waals surface area contributed by atoms with E-state index in [0.29, 0.717) is 5.82 Å². The molecule has 6 heteroatoms. The van der Waals surface area contributed by atoms with Gasteiger partial charge in [0.25, 0.3) is 0 Å². The first-order valence-electron chi connectivity index (χ1n) is 5.87. The summed E-state index contributed by atoms with van der Waals surface area (Å²) in [7, 11) is 0. The van der Waals surface area contributed by atoms with Crippen LogP contribution in [0.15, 0.2) is 40.3 Å². The fraction of sp³-hybridized carbons (Fsp3) is 0.231. The lowest BCUT2D eigenvalue weighted by Gasteiger charge is -2.09. The Kier molecular flexibility index (Phi) is 4.63. The van der Waals surface area contributed by atoms with Gasteiger partial charge in [-0.15, -0.1) is 0 Å². The van der Waals surface area contributed by atoms with E-state index in [9.17, 15) is 0 Å². The molecule has 19 heavy (non-hydrogen) atoms. The first-order valence-corrected chi connectivity index (χ1v) is 7.07. The molecule has 0 bridgehead atoms. The predicted molar refractivity (Wildman–Crippen MR) is 79.5 cm³/mol. The van der Waals surface area contributed by atoms with Gasteiger partial charge in [0.15, 0.2) is 0 Å². The summed E-state index contributed by atoms with van der Waals surface area (Å²) in [6.45, 7) is 4.10. The number of hydrogen-bond acceptors (Lipinski definition) is 5. The van der Waals surface area contributed by atoms with Crippen LogP contribution in [0.25, 0.3) is 0 Å². The number of benzene rings is 1. The van der Waals surface area contributed by atoms with E-state index in [1.165, 1.54) is 0 Å². The Morgan fingerprint density at radius 3 is 2.47 bits per heavy atom. The summed E-state index contributed by atoms with van der Waals surface area (Å²) in [4.78, 5) is 9.92. The first kappa shape index (κ1) is 14.1. The van der Waals surface area contributed by atoms with Crippen LogP contribution in [-0.2, 0) is 0 Å². The van der Waals surface area contributed by atoms with Crippen molar-refractivity contribution in [2.24, 2.45) is 5.84 Å². The van der Waals surface area contributed by atoms with Crippen molar-refractivity contribution in [2.45, 2.75) is 29.7 Å². The van der Waals surface area contributed by atoms with Gasteiger partial charge in [-0.05, 0) is 24.3 Å². The van der Waals surface area contributed by atoms with Crippen molar-refractivity contribution in [1.82, 2.24) is 9.97 Å². The topological polar surface area (TPSA) is 63.8 Å². The van der Waals surface area contributed by atoms with Crippen molar-refractivity contribution in [3.63, 3.8) is 0 Å². The minimum atomic E-state index is 0.248. The second kappa shape index (κ2) is 6.23. The molecule has 0 fully saturated rings. The summed E-state index contributed by atoms with van der Waals surface area (Å²) >= 11 is 7.42. The van der Waals surface area contributed by atoms with E-state index in [0.717, 1.165) is 20.8 Å². The van der Waals surface area contributed by atoms with Crippen LogP contribution in [0.5, 0.6) is 0 Å². The maximum atomic E-state index is 5.87. The SMILES string of the molecule is CC(C)c1nc(NN)cc(Sc2ccc(Cl)cc2)n1. The zero-order chi connectivity index (χ0) is 13.8. The monoisotopic (exact) mass is 294 g/mol. The number of nitrogens with zero attached hydrogens (tertiary/aromatic N) is 2. The molecule has 0 unspecified atom stereocenters. The number of halogens is 1. The lowest BCUT2D eigenvalue weighted by molar-refractivity contribution is 0.754. The number of nitrogen functional groups attached to an aromatic ring is 1. The van der Waals surface area contributed by atoms with E-state index in [2.05, 4.69) is 15.4 Å². The fourth-order valence-corrected chi connectivity index (χ4v) is 2.40. The van der Waals surface area contributed by atoms with Crippen LogP contribution in [0.1, 0.15) is 25.6 Å². The highest BCUT2D eigenvalue weighted by Crippen LogP contribution is 2.29. The van der Waals surface area contributed by atoms with Crippen molar-refractivity contribution >= 4 is 29.2 Å². The molecule has 0 saturated carbocycles. The molecule has 0 saturated heterocycles. The van der Waals surface area contributed by atoms with Crippen molar-refractivity contribution < 1.29 is 0 Å². The molecule has 0 spiro atoms. The summed E-state index contributed by atoms with van der Waals surface area (Å²) < 4.78 is 0. The fourth-order valence-electron chi connectivity index (χ4n) is 1.45. The maximum absolute atomic E-state index is 5.87. The van der Waals surface area contributed by atoms with E-state index < -0.39 is 0 Å². The van der Waals surface area contributed by atoms with Gasteiger partial charge in [0.1, 0.15) is 16.7 Å². The average Bonchev–Trinajstić information content (AvgIpc) is 2.41. The van der Waals surface area contributed by atoms with E-state index >= 15 is 0 Å². The third kappa shape index (κ3) is 3.83. The number of nitrogens with two attached hydrogens (primary N) is 1. The first-order chi connectivity index (χ1) is 9.08. The van der Waals surface area contributed by atoms with Crippen LogP contribution in [0.4, 0.5) is 5.82 Å². The minimum absolute atomic E-state index is 0.248. The molecule has 0 atom stereocenters. The number of rotatable bonds is 4. The molecule has 4 nitrogen and oxygen atoms in total. The Labute approximate surface area is 121 Å². The molecule has 0 amide bonds. The Morgan fingerprint density at radius 2 is 1.89 bits per heavy atom. The summed E-state index contributed by atoms with van der Waals surface area (Å²) in [5.41, 5.74) is 2.57. The minimum Gasteiger partial charge on any atom is -0.308 e. The Bertz CT molecular complexity index is 557. The van der Waals surface area contributed by atoms with Crippen LogP contribution >= 0.6 is 23.4 Å². The third-order valence-corrected chi connectivity index (χ3v) is 3.60. The third-order valence-electron chi connectivity index (χ3n) is 2.42. The van der Waals surface area contributed by atoms with Gasteiger partial charge < -0.3 is 5.43 Å². The van der Waals surface area contributed by atoms with Gasteiger partial charge >= 0.3 is 0 Å². The van der Waals surface area contributed by atoms with Crippen LogP contribution in [0.2, 0.25) is 5.02 Å². The van der Waals surface area contributed by atoms with Crippen LogP contribution < -0.4 is 11.3 Å². The van der Waals surface area contributed by atoms with Gasteiger partial charge in [0, 0.05) is 21.9 Å². The standard InChI is InChI=1S/C13H15ClN4S/c1-8(2)13-16-11(18-15)7-12(17-13)19-10-5-3-9(14)4-6-10/h3-8H,15H2,1-2H3,(H,16,17,18). The second-order valence-corrected chi connectivity index (χ2v) is 5.83. The van der Waals surface area contributed by atoms with Gasteiger partial charge in [-0.25, -0.2) is 15.8 Å². The van der Waals surface area contributed by atoms with Gasteiger partial charge in [0.05, 0.1) is 0 Å². The molecule has 3 N–H and O–H groups in total. The molecular formula is C13H15ClN4S. The molecule has 1 aromatic carbocycles. The Hall–Kier alpha value is -1.30. The highest BCUT2D eigenvalue weighted by atomic mass is 35.5. The quantitative estimate of drug-likeness (QED) is 0.511. The van der Waals surface area contributed by atoms with Crippen LogP contribution in [-0.4, -0.2) is 9.97 Å². The number of aromatic nitrogens is 2. The van der Waals surface area contributed by atoms with E-state index in [-0.39, 0.29) is 5.92 Å². The van der Waals surface area contributed by atoms with Crippen molar-refractivity contribution in [3.8, 4) is 0 Å². The lowest BCUT2D eigenvalue weighted by Crippen LogP contribution is -2.11. The zero-order valence-electron chi connectivity index (χ0n) is 10.7. The Balaban J connectivity index is 2.28. The predicted octanol–water partition coefficient (Wildman–Crippen LogP) is 3.69. The molecular weight excluding hydrogens is 280 g/mol. The van der Waals surface area contributed by atoms with Gasteiger partial charge in [-0.2, -0.15) is 0 Å². The molecule has 2 rings (SSSR count). The van der Waals surface area contributed by atoms with Crippen molar-refractivity contribution in [1.29, 1.82) is 0 Å². The second-order valence-electron chi connectivity index (χ2n) is 4.30. The zero-order valence-corrected chi connectivity index (χ0v) is 12.3.